The van der Waals surface area contributed by atoms with Crippen LogP contribution in [0.1, 0.15) is 51.7 Å². The van der Waals surface area contributed by atoms with Crippen LogP contribution in [0.2, 0.25) is 0 Å². The first-order chi connectivity index (χ1) is 11.8. The van der Waals surface area contributed by atoms with Crippen molar-refractivity contribution in [3.05, 3.63) is 89.6 Å². The summed E-state index contributed by atoms with van der Waals surface area (Å²) in [6.45, 7) is 8.30. The molecule has 2 aromatic carbocycles. The fraction of sp³-hybridized carbons (Fsp3) is 0.261. The second-order valence-electron chi connectivity index (χ2n) is 7.00. The van der Waals surface area contributed by atoms with E-state index in [2.05, 4.69) is 67.4 Å². The maximum absolute atomic E-state index is 8.26. The van der Waals surface area contributed by atoms with E-state index in [1.807, 2.05) is 32.0 Å². The Kier molecular flexibility index (Phi) is 4.17. The molecule has 0 aliphatic carbocycles. The number of hydrogen-bond donors (Lipinski definition) is 0. The number of pyridine rings is 1. The first-order valence-corrected chi connectivity index (χ1v) is 8.41. The number of benzene rings is 2. The minimum Gasteiger partial charge on any atom is -0.256 e. The summed E-state index contributed by atoms with van der Waals surface area (Å²) in [7, 11) is 0. The second-order valence-corrected chi connectivity index (χ2v) is 7.00. The standard InChI is InChI=1S/C23H25N/c1-17(2)18-13-14-24-22(16-18)19-9-8-12-21(15-19)23(3,4)20-10-6-5-7-11-20/h5-17H,1-4H3/i17D. The molecule has 0 saturated heterocycles. The molecule has 1 heterocycles. The van der Waals surface area contributed by atoms with Crippen molar-refractivity contribution in [2.24, 2.45) is 0 Å². The lowest BCUT2D eigenvalue weighted by atomic mass is 9.77. The van der Waals surface area contributed by atoms with Crippen molar-refractivity contribution in [3.63, 3.8) is 0 Å². The van der Waals surface area contributed by atoms with Gasteiger partial charge in [0.2, 0.25) is 0 Å². The van der Waals surface area contributed by atoms with E-state index in [0.717, 1.165) is 16.8 Å². The molecule has 0 radical (unpaired) electrons. The molecule has 0 aliphatic rings. The van der Waals surface area contributed by atoms with Gasteiger partial charge in [0.05, 0.1) is 5.69 Å². The molecule has 122 valence electrons. The van der Waals surface area contributed by atoms with E-state index in [4.69, 9.17) is 1.37 Å². The van der Waals surface area contributed by atoms with Crippen LogP contribution in [0.25, 0.3) is 11.3 Å². The van der Waals surface area contributed by atoms with Crippen LogP contribution in [-0.4, -0.2) is 4.98 Å². The molecule has 0 amide bonds. The Morgan fingerprint density at radius 1 is 0.875 bits per heavy atom. The molecule has 0 atom stereocenters. The van der Waals surface area contributed by atoms with Crippen molar-refractivity contribution < 1.29 is 1.37 Å². The van der Waals surface area contributed by atoms with E-state index in [9.17, 15) is 0 Å². The van der Waals surface area contributed by atoms with Gasteiger partial charge in [-0.15, -0.1) is 0 Å². The van der Waals surface area contributed by atoms with Gasteiger partial charge in [0.15, 0.2) is 0 Å². The molecule has 0 spiro atoms. The molecule has 0 N–H and O–H groups in total. The third-order valence-corrected chi connectivity index (χ3v) is 4.71. The van der Waals surface area contributed by atoms with Gasteiger partial charge in [-0.25, -0.2) is 0 Å². The Morgan fingerprint density at radius 2 is 1.58 bits per heavy atom. The largest absolute Gasteiger partial charge is 0.256 e. The highest BCUT2D eigenvalue weighted by atomic mass is 14.7. The average molecular weight is 316 g/mol. The Hall–Kier alpha value is -2.41. The lowest BCUT2D eigenvalue weighted by molar-refractivity contribution is 0.641. The molecule has 0 aliphatic heterocycles. The summed E-state index contributed by atoms with van der Waals surface area (Å²) in [6, 6.07) is 23.1. The summed E-state index contributed by atoms with van der Waals surface area (Å²) >= 11 is 0. The predicted molar refractivity (Wildman–Crippen MR) is 102 cm³/mol. The van der Waals surface area contributed by atoms with Crippen LogP contribution in [0.5, 0.6) is 0 Å². The summed E-state index contributed by atoms with van der Waals surface area (Å²) in [4.78, 5) is 4.54. The highest BCUT2D eigenvalue weighted by Crippen LogP contribution is 2.33. The van der Waals surface area contributed by atoms with Crippen molar-refractivity contribution in [2.45, 2.75) is 39.0 Å². The number of aromatic nitrogens is 1. The molecular formula is C23H25N. The van der Waals surface area contributed by atoms with Gasteiger partial charge < -0.3 is 0 Å². The summed E-state index contributed by atoms with van der Waals surface area (Å²) in [5.74, 6) is -0.626. The molecule has 3 aromatic rings. The first kappa shape index (κ1) is 15.1. The van der Waals surface area contributed by atoms with Crippen LogP contribution >= 0.6 is 0 Å². The SMILES string of the molecule is [2H]C(C)(C)c1ccnc(-c2cccc(C(C)(C)c3ccccc3)c2)c1. The Labute approximate surface area is 146 Å². The summed E-state index contributed by atoms with van der Waals surface area (Å²) < 4.78 is 8.26. The maximum Gasteiger partial charge on any atom is 0.0704 e. The molecule has 3 rings (SSSR count). The summed E-state index contributed by atoms with van der Waals surface area (Å²) in [5.41, 5.74) is 5.46. The quantitative estimate of drug-likeness (QED) is 0.558. The van der Waals surface area contributed by atoms with Gasteiger partial charge in [0, 0.05) is 18.5 Å². The lowest BCUT2D eigenvalue weighted by Gasteiger charge is -2.26. The normalized spacial score (nSPS) is 12.8. The van der Waals surface area contributed by atoms with Gasteiger partial charge in [-0.2, -0.15) is 0 Å². The molecule has 0 fully saturated rings. The third kappa shape index (κ3) is 3.26. The van der Waals surface area contributed by atoms with E-state index in [-0.39, 0.29) is 5.41 Å². The number of hydrogen-bond acceptors (Lipinski definition) is 1. The molecule has 1 heteroatoms. The van der Waals surface area contributed by atoms with Crippen molar-refractivity contribution >= 4 is 0 Å². The van der Waals surface area contributed by atoms with Crippen molar-refractivity contribution in [2.75, 3.05) is 0 Å². The molecule has 1 aromatic heterocycles. The van der Waals surface area contributed by atoms with Crippen LogP contribution in [0, 0.1) is 0 Å². The molecule has 0 unspecified atom stereocenters. The highest BCUT2D eigenvalue weighted by molar-refractivity contribution is 5.62. The van der Waals surface area contributed by atoms with Crippen LogP contribution in [0.15, 0.2) is 72.9 Å². The van der Waals surface area contributed by atoms with Gasteiger partial charge in [0.1, 0.15) is 0 Å². The fourth-order valence-electron chi connectivity index (χ4n) is 2.99. The van der Waals surface area contributed by atoms with E-state index in [0.29, 0.717) is 0 Å². The zero-order valence-corrected chi connectivity index (χ0v) is 14.9. The zero-order chi connectivity index (χ0) is 18.1. The molecule has 1 nitrogen and oxygen atoms in total. The molecular weight excluding hydrogens is 290 g/mol. The monoisotopic (exact) mass is 316 g/mol. The van der Waals surface area contributed by atoms with Crippen LogP contribution in [0.3, 0.4) is 0 Å². The Morgan fingerprint density at radius 3 is 2.29 bits per heavy atom. The molecule has 0 bridgehead atoms. The summed E-state index contributed by atoms with van der Waals surface area (Å²) in [6.07, 6.45) is 1.80. The van der Waals surface area contributed by atoms with E-state index >= 15 is 0 Å². The minimum absolute atomic E-state index is 0.0798. The number of rotatable bonds is 4. The van der Waals surface area contributed by atoms with Gasteiger partial charge in [0.25, 0.3) is 0 Å². The average Bonchev–Trinajstić information content (AvgIpc) is 2.62. The van der Waals surface area contributed by atoms with Crippen LogP contribution in [0.4, 0.5) is 0 Å². The fourth-order valence-corrected chi connectivity index (χ4v) is 2.99. The smallest absolute Gasteiger partial charge is 0.0704 e. The molecule has 24 heavy (non-hydrogen) atoms. The van der Waals surface area contributed by atoms with Crippen molar-refractivity contribution in [3.8, 4) is 11.3 Å². The van der Waals surface area contributed by atoms with Gasteiger partial charge in [-0.3, -0.25) is 4.98 Å². The van der Waals surface area contributed by atoms with Crippen LogP contribution in [-0.2, 0) is 5.41 Å². The van der Waals surface area contributed by atoms with Crippen molar-refractivity contribution in [1.29, 1.82) is 0 Å². The van der Waals surface area contributed by atoms with Gasteiger partial charge in [-0.05, 0) is 40.8 Å². The number of nitrogens with zero attached hydrogens (tertiary/aromatic N) is 1. The Balaban J connectivity index is 2.03. The lowest BCUT2D eigenvalue weighted by Crippen LogP contribution is -2.18. The molecule has 0 saturated carbocycles. The van der Waals surface area contributed by atoms with Crippen LogP contribution < -0.4 is 0 Å². The highest BCUT2D eigenvalue weighted by Gasteiger charge is 2.23. The summed E-state index contributed by atoms with van der Waals surface area (Å²) in [5, 5.41) is 0. The minimum atomic E-state index is -0.626. The van der Waals surface area contributed by atoms with E-state index in [1.54, 1.807) is 6.20 Å². The van der Waals surface area contributed by atoms with E-state index in [1.165, 1.54) is 11.1 Å². The topological polar surface area (TPSA) is 12.9 Å². The van der Waals surface area contributed by atoms with Gasteiger partial charge in [-0.1, -0.05) is 76.2 Å². The first-order valence-electron chi connectivity index (χ1n) is 8.91. The van der Waals surface area contributed by atoms with Crippen molar-refractivity contribution in [1.82, 2.24) is 4.98 Å². The Bertz CT molecular complexity index is 861. The third-order valence-electron chi connectivity index (χ3n) is 4.71. The zero-order valence-electron chi connectivity index (χ0n) is 15.9. The maximum atomic E-state index is 8.26. The second kappa shape index (κ2) is 6.60. The van der Waals surface area contributed by atoms with Gasteiger partial charge >= 0.3 is 0 Å². The van der Waals surface area contributed by atoms with E-state index < -0.39 is 5.89 Å². The predicted octanol–water partition coefficient (Wildman–Crippen LogP) is 6.20.